The molecule has 1 aliphatic carbocycles. The fraction of sp³-hybridized carbons (Fsp3) is 0.261. The number of rotatable bonds is 6. The predicted molar refractivity (Wildman–Crippen MR) is 111 cm³/mol. The van der Waals surface area contributed by atoms with Crippen LogP contribution in [0, 0.1) is 5.92 Å². The monoisotopic (exact) mass is 406 g/mol. The molecule has 7 heteroatoms. The minimum absolute atomic E-state index is 0.0131. The second-order valence-corrected chi connectivity index (χ2v) is 7.45. The normalized spacial score (nSPS) is 17.4. The van der Waals surface area contributed by atoms with Gasteiger partial charge in [0.15, 0.2) is 5.76 Å². The van der Waals surface area contributed by atoms with E-state index in [-0.39, 0.29) is 30.0 Å². The summed E-state index contributed by atoms with van der Waals surface area (Å²) in [6, 6.07) is 16.9. The lowest BCUT2D eigenvalue weighted by molar-refractivity contribution is -0.141. The number of furan rings is 1. The Morgan fingerprint density at radius 2 is 1.90 bits per heavy atom. The largest absolute Gasteiger partial charge is 0.468 e. The number of hydrogen-bond donors (Lipinski definition) is 1. The Labute approximate surface area is 173 Å². The number of methoxy groups -OCH3 is 1. The highest BCUT2D eigenvalue weighted by atomic mass is 16.5. The van der Waals surface area contributed by atoms with Crippen molar-refractivity contribution >= 4 is 34.4 Å². The lowest BCUT2D eigenvalue weighted by atomic mass is 10.1. The van der Waals surface area contributed by atoms with Gasteiger partial charge in [-0.05, 0) is 42.2 Å². The number of hydrogen-bond acceptors (Lipinski definition) is 5. The van der Waals surface area contributed by atoms with Gasteiger partial charge in [-0.15, -0.1) is 0 Å². The molecule has 30 heavy (non-hydrogen) atoms. The number of carbonyl (C=O) groups excluding carboxylic acids is 3. The van der Waals surface area contributed by atoms with Crippen LogP contribution in [0.5, 0.6) is 0 Å². The third-order valence-corrected chi connectivity index (χ3v) is 5.29. The highest BCUT2D eigenvalue weighted by molar-refractivity contribution is 6.00. The number of carbonyl (C=O) groups is 3. The van der Waals surface area contributed by atoms with Gasteiger partial charge in [-0.2, -0.15) is 0 Å². The van der Waals surface area contributed by atoms with Gasteiger partial charge in [0, 0.05) is 24.0 Å². The molecule has 2 amide bonds. The van der Waals surface area contributed by atoms with Crippen LogP contribution in [0.25, 0.3) is 11.0 Å². The minimum atomic E-state index is -0.513. The third kappa shape index (κ3) is 4.05. The SMILES string of the molecule is COC(=O)CN(C)C(=O)c1cc2cc(NC(=O)[C@@H]3C[C@H]3c3ccccc3)ccc2o1. The van der Waals surface area contributed by atoms with Gasteiger partial charge < -0.3 is 19.4 Å². The second kappa shape index (κ2) is 8.02. The molecule has 1 aromatic heterocycles. The Balaban J connectivity index is 1.43. The first-order chi connectivity index (χ1) is 14.5. The number of nitrogens with one attached hydrogen (secondary N) is 1. The summed E-state index contributed by atoms with van der Waals surface area (Å²) in [7, 11) is 2.76. The number of nitrogens with zero attached hydrogens (tertiary/aromatic N) is 1. The van der Waals surface area contributed by atoms with Crippen LogP contribution in [0.1, 0.15) is 28.5 Å². The van der Waals surface area contributed by atoms with Crippen molar-refractivity contribution in [2.24, 2.45) is 5.92 Å². The summed E-state index contributed by atoms with van der Waals surface area (Å²) >= 11 is 0. The van der Waals surface area contributed by atoms with E-state index in [1.807, 2.05) is 30.3 Å². The lowest BCUT2D eigenvalue weighted by Gasteiger charge is -2.13. The van der Waals surface area contributed by atoms with Crippen LogP contribution in [0.3, 0.4) is 0 Å². The molecule has 1 aliphatic rings. The van der Waals surface area contributed by atoms with Crippen LogP contribution in [0.2, 0.25) is 0 Å². The maximum Gasteiger partial charge on any atom is 0.325 e. The van der Waals surface area contributed by atoms with Gasteiger partial charge in [0.25, 0.3) is 5.91 Å². The smallest absolute Gasteiger partial charge is 0.325 e. The highest BCUT2D eigenvalue weighted by Crippen LogP contribution is 2.47. The molecule has 3 aromatic rings. The lowest BCUT2D eigenvalue weighted by Crippen LogP contribution is -2.32. The number of fused-ring (bicyclic) bond motifs is 1. The fourth-order valence-corrected chi connectivity index (χ4v) is 3.53. The molecule has 1 N–H and O–H groups in total. The molecule has 2 aromatic carbocycles. The van der Waals surface area contributed by atoms with E-state index in [1.54, 1.807) is 24.3 Å². The van der Waals surface area contributed by atoms with E-state index < -0.39 is 11.9 Å². The molecular weight excluding hydrogens is 384 g/mol. The average Bonchev–Trinajstić information content (AvgIpc) is 3.46. The van der Waals surface area contributed by atoms with Crippen LogP contribution in [-0.4, -0.2) is 43.4 Å². The summed E-state index contributed by atoms with van der Waals surface area (Å²) < 4.78 is 10.2. The molecule has 0 bridgehead atoms. The first-order valence-electron chi connectivity index (χ1n) is 9.68. The first-order valence-corrected chi connectivity index (χ1v) is 9.68. The van der Waals surface area contributed by atoms with E-state index in [0.717, 1.165) is 6.42 Å². The van der Waals surface area contributed by atoms with Crippen molar-refractivity contribution < 1.29 is 23.5 Å². The summed E-state index contributed by atoms with van der Waals surface area (Å²) in [6.07, 6.45) is 0.842. The van der Waals surface area contributed by atoms with Gasteiger partial charge in [0.05, 0.1) is 7.11 Å². The molecule has 1 saturated carbocycles. The van der Waals surface area contributed by atoms with Crippen LogP contribution in [-0.2, 0) is 14.3 Å². The van der Waals surface area contributed by atoms with Crippen LogP contribution in [0.4, 0.5) is 5.69 Å². The van der Waals surface area contributed by atoms with Gasteiger partial charge in [-0.1, -0.05) is 30.3 Å². The number of esters is 1. The van der Waals surface area contributed by atoms with E-state index >= 15 is 0 Å². The zero-order chi connectivity index (χ0) is 21.3. The van der Waals surface area contributed by atoms with Crippen LogP contribution >= 0.6 is 0 Å². The molecule has 0 saturated heterocycles. The summed E-state index contributed by atoms with van der Waals surface area (Å²) in [5.41, 5.74) is 2.35. The molecule has 1 fully saturated rings. The van der Waals surface area contributed by atoms with E-state index in [4.69, 9.17) is 4.42 Å². The van der Waals surface area contributed by atoms with Gasteiger partial charge in [-0.3, -0.25) is 14.4 Å². The molecule has 0 unspecified atom stereocenters. The number of amides is 2. The van der Waals surface area contributed by atoms with Crippen molar-refractivity contribution in [1.29, 1.82) is 0 Å². The van der Waals surface area contributed by atoms with Gasteiger partial charge >= 0.3 is 5.97 Å². The molecule has 2 atom stereocenters. The highest BCUT2D eigenvalue weighted by Gasteiger charge is 2.43. The molecule has 1 heterocycles. The Bertz CT molecular complexity index is 1110. The standard InChI is InChI=1S/C23H22N2O5/c1-25(13-21(26)29-2)23(28)20-11-15-10-16(8-9-19(15)30-20)24-22(27)18-12-17(18)14-6-4-3-5-7-14/h3-11,17-18H,12-13H2,1-2H3,(H,24,27)/t17-,18+/m0/s1. The Kier molecular flexibility index (Phi) is 5.27. The Hall–Kier alpha value is -3.61. The summed E-state index contributed by atoms with van der Waals surface area (Å²) in [5, 5.41) is 3.65. The molecule has 0 aliphatic heterocycles. The third-order valence-electron chi connectivity index (χ3n) is 5.29. The molecule has 0 radical (unpaired) electrons. The number of ether oxygens (including phenoxy) is 1. The first kappa shape index (κ1) is 19.7. The second-order valence-electron chi connectivity index (χ2n) is 7.45. The van der Waals surface area contributed by atoms with Gasteiger partial charge in [0.2, 0.25) is 5.91 Å². The van der Waals surface area contributed by atoms with E-state index in [2.05, 4.69) is 10.1 Å². The maximum atomic E-state index is 12.6. The van der Waals surface area contributed by atoms with Crippen molar-refractivity contribution in [3.05, 3.63) is 65.9 Å². The summed E-state index contributed by atoms with van der Waals surface area (Å²) in [5.74, 6) is -0.603. The molecule has 154 valence electrons. The van der Waals surface area contributed by atoms with Crippen molar-refractivity contribution in [2.75, 3.05) is 26.0 Å². The number of benzene rings is 2. The van der Waals surface area contributed by atoms with Crippen LogP contribution < -0.4 is 5.32 Å². The average molecular weight is 406 g/mol. The predicted octanol–water partition coefficient (Wildman–Crippen LogP) is 3.42. The van der Waals surface area contributed by atoms with Crippen LogP contribution in [0.15, 0.2) is 59.0 Å². The fourth-order valence-electron chi connectivity index (χ4n) is 3.53. The van der Waals surface area contributed by atoms with E-state index in [0.29, 0.717) is 16.7 Å². The molecular formula is C23H22N2O5. The number of likely N-dealkylation sites (N-methyl/N-ethyl adjacent to an activating group) is 1. The van der Waals surface area contributed by atoms with Crippen molar-refractivity contribution in [2.45, 2.75) is 12.3 Å². The van der Waals surface area contributed by atoms with E-state index in [9.17, 15) is 14.4 Å². The molecule has 0 spiro atoms. The van der Waals surface area contributed by atoms with E-state index in [1.165, 1.54) is 24.6 Å². The molecule has 7 nitrogen and oxygen atoms in total. The van der Waals surface area contributed by atoms with Gasteiger partial charge in [-0.25, -0.2) is 0 Å². The van der Waals surface area contributed by atoms with Crippen molar-refractivity contribution in [1.82, 2.24) is 4.90 Å². The maximum absolute atomic E-state index is 12.6. The van der Waals surface area contributed by atoms with Crippen molar-refractivity contribution in [3.8, 4) is 0 Å². The van der Waals surface area contributed by atoms with Gasteiger partial charge in [0.1, 0.15) is 12.1 Å². The minimum Gasteiger partial charge on any atom is -0.468 e. The molecule has 4 rings (SSSR count). The summed E-state index contributed by atoms with van der Waals surface area (Å²) in [4.78, 5) is 37.6. The number of anilines is 1. The zero-order valence-electron chi connectivity index (χ0n) is 16.8. The zero-order valence-corrected chi connectivity index (χ0v) is 16.8. The topological polar surface area (TPSA) is 88.9 Å². The quantitative estimate of drug-likeness (QED) is 0.634. The summed E-state index contributed by atoms with van der Waals surface area (Å²) in [6.45, 7) is -0.169. The van der Waals surface area contributed by atoms with Crippen molar-refractivity contribution in [3.63, 3.8) is 0 Å². The Morgan fingerprint density at radius 3 is 2.63 bits per heavy atom. The Morgan fingerprint density at radius 1 is 1.13 bits per heavy atom.